The Labute approximate surface area is 427 Å². The van der Waals surface area contributed by atoms with Crippen molar-refractivity contribution in [2.45, 2.75) is 81.3 Å². The highest BCUT2D eigenvalue weighted by Crippen LogP contribution is 2.36. The molecule has 6 amide bonds. The van der Waals surface area contributed by atoms with Crippen LogP contribution in [0.5, 0.6) is 5.75 Å². The van der Waals surface area contributed by atoms with Gasteiger partial charge in [-0.1, -0.05) is 19.1 Å². The number of hydrogen-bond acceptors (Lipinski definition) is 15. The SMILES string of the molecule is C=CC(=O)Nc1cccc(Nc2nc(Nc3ccc(OCCOCCNC(=O)CCCC(=O)NCCCOCCOCCOCCCNC(=O)CCCC[C@@H]4SC[C@@H]5NC(=O)N[C@@H]54)cc3)ncc2C(F)(F)F)c1. The van der Waals surface area contributed by atoms with Crippen molar-refractivity contribution < 1.29 is 60.8 Å². The number of urea groups is 1. The van der Waals surface area contributed by atoms with Gasteiger partial charge in [0.25, 0.3) is 0 Å². The Hall–Kier alpha value is -6.21. The lowest BCUT2D eigenvalue weighted by molar-refractivity contribution is -0.137. The lowest BCUT2D eigenvalue weighted by Gasteiger charge is -2.16. The van der Waals surface area contributed by atoms with E-state index < -0.39 is 23.5 Å². The summed E-state index contributed by atoms with van der Waals surface area (Å²) in [7, 11) is 0. The van der Waals surface area contributed by atoms with Crippen molar-refractivity contribution in [3.63, 3.8) is 0 Å². The molecule has 0 saturated carbocycles. The zero-order valence-electron chi connectivity index (χ0n) is 40.8. The Bertz CT molecular complexity index is 2210. The zero-order chi connectivity index (χ0) is 52.1. The third kappa shape index (κ3) is 22.6. The van der Waals surface area contributed by atoms with Crippen molar-refractivity contribution in [1.29, 1.82) is 0 Å². The number of fused-ring (bicyclic) bond motifs is 1. The number of anilines is 5. The molecular formula is C49H67F3N10O10S. The number of amides is 6. The van der Waals surface area contributed by atoms with Crippen molar-refractivity contribution >= 4 is 70.3 Å². The molecule has 2 fully saturated rings. The summed E-state index contributed by atoms with van der Waals surface area (Å²) >= 11 is 1.89. The van der Waals surface area contributed by atoms with Gasteiger partial charge >= 0.3 is 12.2 Å². The summed E-state index contributed by atoms with van der Waals surface area (Å²) in [6, 6.07) is 13.1. The smallest absolute Gasteiger partial charge is 0.421 e. The number of unbranched alkanes of at least 4 members (excludes halogenated alkanes) is 1. The number of carbonyl (C=O) groups excluding carboxylic acids is 5. The van der Waals surface area contributed by atoms with Gasteiger partial charge in [0.2, 0.25) is 29.6 Å². The maximum absolute atomic E-state index is 13.8. The normalized spacial score (nSPS) is 15.9. The molecule has 3 heterocycles. The number of nitrogens with one attached hydrogen (secondary N) is 8. The van der Waals surface area contributed by atoms with Crippen molar-refractivity contribution in [3.05, 3.63) is 72.9 Å². The van der Waals surface area contributed by atoms with E-state index in [1.165, 1.54) is 12.1 Å². The van der Waals surface area contributed by atoms with Crippen LogP contribution in [0.4, 0.5) is 46.8 Å². The molecule has 20 nitrogen and oxygen atoms in total. The quantitative estimate of drug-likeness (QED) is 0.0201. The van der Waals surface area contributed by atoms with Crippen LogP contribution in [-0.2, 0) is 44.3 Å². The molecule has 2 aliphatic heterocycles. The molecule has 3 aromatic rings. The molecule has 2 saturated heterocycles. The van der Waals surface area contributed by atoms with Gasteiger partial charge in [-0.15, -0.1) is 0 Å². The third-order valence-corrected chi connectivity index (χ3v) is 12.6. The molecule has 0 aliphatic carbocycles. The molecule has 0 spiro atoms. The van der Waals surface area contributed by atoms with Gasteiger partial charge in [-0.2, -0.15) is 29.9 Å². The number of hydrogen-bond donors (Lipinski definition) is 8. The van der Waals surface area contributed by atoms with E-state index in [0.29, 0.717) is 107 Å². The Kier molecular flexibility index (Phi) is 25.3. The monoisotopic (exact) mass is 1040 g/mol. The summed E-state index contributed by atoms with van der Waals surface area (Å²) in [6.45, 7) is 8.19. The number of halogens is 3. The number of ether oxygens (including phenoxy) is 5. The lowest BCUT2D eigenvalue weighted by atomic mass is 10.0. The highest BCUT2D eigenvalue weighted by atomic mass is 32.2. The van der Waals surface area contributed by atoms with Gasteiger partial charge in [-0.05, 0) is 80.6 Å². The molecule has 1 aromatic heterocycles. The van der Waals surface area contributed by atoms with Crippen LogP contribution in [0.1, 0.15) is 63.4 Å². The van der Waals surface area contributed by atoms with Crippen LogP contribution in [0.2, 0.25) is 0 Å². The number of thioether (sulfide) groups is 1. The fourth-order valence-electron chi connectivity index (χ4n) is 7.39. The second kappa shape index (κ2) is 32.1. The fourth-order valence-corrected chi connectivity index (χ4v) is 8.93. The van der Waals surface area contributed by atoms with Crippen LogP contribution in [0.3, 0.4) is 0 Å². The second-order valence-electron chi connectivity index (χ2n) is 16.8. The number of benzene rings is 2. The van der Waals surface area contributed by atoms with Gasteiger partial charge in [-0.25, -0.2) is 9.78 Å². The molecule has 0 bridgehead atoms. The maximum atomic E-state index is 13.8. The molecule has 3 atom stereocenters. The van der Waals surface area contributed by atoms with E-state index in [2.05, 4.69) is 59.1 Å². The summed E-state index contributed by atoms with van der Waals surface area (Å²) in [5.41, 5.74) is 0.00802. The summed E-state index contributed by atoms with van der Waals surface area (Å²) in [5.74, 6) is 0.130. The van der Waals surface area contributed by atoms with Crippen molar-refractivity contribution in [2.24, 2.45) is 0 Å². The number of nitrogens with zero attached hydrogens (tertiary/aromatic N) is 2. The minimum atomic E-state index is -4.74. The van der Waals surface area contributed by atoms with E-state index >= 15 is 0 Å². The first-order chi connectivity index (χ1) is 35.4. The Balaban J connectivity index is 0.776. The summed E-state index contributed by atoms with van der Waals surface area (Å²) in [4.78, 5) is 67.5. The Morgan fingerprint density at radius 3 is 2.00 bits per heavy atom. The first-order valence-electron chi connectivity index (χ1n) is 24.4. The van der Waals surface area contributed by atoms with E-state index in [0.717, 1.165) is 37.5 Å². The highest BCUT2D eigenvalue weighted by Gasteiger charge is 2.42. The van der Waals surface area contributed by atoms with Crippen LogP contribution < -0.4 is 47.3 Å². The Morgan fingerprint density at radius 2 is 1.33 bits per heavy atom. The van der Waals surface area contributed by atoms with E-state index in [-0.39, 0.29) is 80.1 Å². The van der Waals surface area contributed by atoms with E-state index in [1.807, 2.05) is 11.8 Å². The van der Waals surface area contributed by atoms with Gasteiger partial charge in [0.1, 0.15) is 23.7 Å². The van der Waals surface area contributed by atoms with Crippen LogP contribution in [0, 0.1) is 0 Å². The van der Waals surface area contributed by atoms with Gasteiger partial charge in [0.15, 0.2) is 0 Å². The van der Waals surface area contributed by atoms with Crippen LogP contribution in [0.15, 0.2) is 67.4 Å². The van der Waals surface area contributed by atoms with Gasteiger partial charge in [0.05, 0.1) is 51.7 Å². The number of aromatic nitrogens is 2. The van der Waals surface area contributed by atoms with Gasteiger partial charge < -0.3 is 66.2 Å². The maximum Gasteiger partial charge on any atom is 0.421 e. The van der Waals surface area contributed by atoms with E-state index in [9.17, 15) is 37.1 Å². The van der Waals surface area contributed by atoms with Crippen LogP contribution >= 0.6 is 11.8 Å². The number of alkyl halides is 3. The largest absolute Gasteiger partial charge is 0.491 e. The molecule has 24 heteroatoms. The first kappa shape index (κ1) is 57.7. The summed E-state index contributed by atoms with van der Waals surface area (Å²) in [6.07, 6.45) is 2.49. The molecular weight excluding hydrogens is 978 g/mol. The lowest BCUT2D eigenvalue weighted by Crippen LogP contribution is -2.36. The Morgan fingerprint density at radius 1 is 0.712 bits per heavy atom. The second-order valence-corrected chi connectivity index (χ2v) is 18.1. The minimum Gasteiger partial charge on any atom is -0.491 e. The molecule has 0 radical (unpaired) electrons. The first-order valence-corrected chi connectivity index (χ1v) is 25.5. The summed E-state index contributed by atoms with van der Waals surface area (Å²) < 4.78 is 69.3. The van der Waals surface area contributed by atoms with Crippen molar-refractivity contribution in [3.8, 4) is 5.75 Å². The topological polar surface area (TPSA) is 254 Å². The average molecular weight is 1050 g/mol. The number of carbonyl (C=O) groups is 5. The molecule has 73 heavy (non-hydrogen) atoms. The van der Waals surface area contributed by atoms with Crippen molar-refractivity contribution in [1.82, 2.24) is 36.6 Å². The zero-order valence-corrected chi connectivity index (χ0v) is 41.6. The van der Waals surface area contributed by atoms with Crippen molar-refractivity contribution in [2.75, 3.05) is 101 Å². The molecule has 8 N–H and O–H groups in total. The molecule has 400 valence electrons. The standard InChI is InChI=1S/C49H67F3N10O10S/c1-2-41(63)57-35-9-5-10-36(31-35)58-46-38(49(50,51)52)32-56-47(62-46)59-34-15-17-37(18-16-34)72-30-29-70-24-21-55-44(66)14-6-13-43(65)54-20-8-23-69-26-28-71-27-25-68-22-7-19-53-42(64)12-4-3-11-40-45-39(33-73-40)60-48(67)61-45/h2,5,9-10,15-18,31-32,39-40,45H,1,3-4,6-8,11-14,19-30,33H2,(H,53,64)(H,54,65)(H,55,66)(H,57,63)(H2,60,61,67)(H2,56,58,59,62)/t39-,40-,45-/m0/s1. The van der Waals surface area contributed by atoms with E-state index in [4.69, 9.17) is 23.7 Å². The highest BCUT2D eigenvalue weighted by molar-refractivity contribution is 8.00. The third-order valence-electron chi connectivity index (χ3n) is 11.1. The molecule has 0 unspecified atom stereocenters. The molecule has 2 aromatic carbocycles. The summed E-state index contributed by atoms with van der Waals surface area (Å²) in [5, 5.41) is 23.0. The van der Waals surface area contributed by atoms with Crippen LogP contribution in [0.25, 0.3) is 0 Å². The van der Waals surface area contributed by atoms with Gasteiger partial charge in [0, 0.05) is 86.4 Å². The van der Waals surface area contributed by atoms with Gasteiger partial charge in [-0.3, -0.25) is 19.2 Å². The minimum absolute atomic E-state index is 0.0492. The predicted octanol–water partition coefficient (Wildman–Crippen LogP) is 5.58. The fraction of sp³-hybridized carbons (Fsp3) is 0.531. The van der Waals surface area contributed by atoms with Crippen LogP contribution in [-0.4, -0.2) is 142 Å². The molecule has 2 aliphatic rings. The predicted molar refractivity (Wildman–Crippen MR) is 270 cm³/mol. The number of rotatable bonds is 36. The molecule has 5 rings (SSSR count). The average Bonchev–Trinajstić information content (AvgIpc) is 3.92. The van der Waals surface area contributed by atoms with E-state index in [1.54, 1.807) is 36.4 Å².